The monoisotopic (exact) mass is 418 g/mol. The quantitative estimate of drug-likeness (QED) is 0.342. The molecule has 0 heterocycles. The molecule has 30 heavy (non-hydrogen) atoms. The number of rotatable bonds is 14. The highest BCUT2D eigenvalue weighted by atomic mass is 16.5. The van der Waals surface area contributed by atoms with Gasteiger partial charge in [0.1, 0.15) is 11.8 Å². The summed E-state index contributed by atoms with van der Waals surface area (Å²) in [4.78, 5) is 25.8. The Kier molecular flexibility index (Phi) is 11.8. The van der Waals surface area contributed by atoms with Crippen molar-refractivity contribution in [1.82, 2.24) is 10.2 Å². The molecule has 168 valence electrons. The number of carbonyl (C=O) groups is 2. The van der Waals surface area contributed by atoms with Gasteiger partial charge in [0, 0.05) is 18.5 Å². The van der Waals surface area contributed by atoms with Crippen LogP contribution in [0.4, 0.5) is 0 Å². The number of benzene rings is 1. The van der Waals surface area contributed by atoms with Gasteiger partial charge >= 0.3 is 5.97 Å². The molecule has 0 bridgehead atoms. The minimum atomic E-state index is -0.902. The Morgan fingerprint density at radius 1 is 1.20 bits per heavy atom. The van der Waals surface area contributed by atoms with Crippen molar-refractivity contribution in [2.45, 2.75) is 66.0 Å². The molecule has 0 aliphatic carbocycles. The van der Waals surface area contributed by atoms with E-state index in [1.54, 1.807) is 6.07 Å². The maximum absolute atomic E-state index is 12.1. The molecule has 0 aliphatic rings. The summed E-state index contributed by atoms with van der Waals surface area (Å²) >= 11 is 0. The van der Waals surface area contributed by atoms with Gasteiger partial charge in [0.05, 0.1) is 7.11 Å². The fourth-order valence-electron chi connectivity index (χ4n) is 3.37. The minimum absolute atomic E-state index is 0.0254. The third kappa shape index (κ3) is 8.57. The van der Waals surface area contributed by atoms with Crippen LogP contribution < -0.4 is 10.1 Å². The van der Waals surface area contributed by atoms with Gasteiger partial charge in [0.15, 0.2) is 0 Å². The maximum atomic E-state index is 12.1. The second-order valence-electron chi connectivity index (χ2n) is 7.73. The van der Waals surface area contributed by atoms with Gasteiger partial charge < -0.3 is 15.2 Å². The number of nitrogens with one attached hydrogen (secondary N) is 1. The van der Waals surface area contributed by atoms with Crippen LogP contribution in [-0.4, -0.2) is 42.1 Å². The first-order valence-electron chi connectivity index (χ1n) is 10.9. The first kappa shape index (κ1) is 25.7. The number of unbranched alkanes of at least 4 members (excludes halogenated alkanes) is 2. The molecule has 0 fully saturated rings. The Morgan fingerprint density at radius 2 is 1.90 bits per heavy atom. The molecule has 6 heteroatoms. The number of likely N-dealkylation sites (N-methyl/N-ethyl adjacent to an activating group) is 1. The first-order chi connectivity index (χ1) is 14.3. The molecule has 0 radical (unpaired) electrons. The van der Waals surface area contributed by atoms with Crippen LogP contribution in [0.1, 0.15) is 70.5 Å². The van der Waals surface area contributed by atoms with E-state index in [4.69, 9.17) is 4.74 Å². The van der Waals surface area contributed by atoms with Crippen molar-refractivity contribution < 1.29 is 19.4 Å². The largest absolute Gasteiger partial charge is 0.496 e. The van der Waals surface area contributed by atoms with E-state index in [0.717, 1.165) is 24.8 Å². The Bertz CT molecular complexity index is 696. The van der Waals surface area contributed by atoms with Crippen LogP contribution in [0.15, 0.2) is 30.4 Å². The zero-order valence-electron chi connectivity index (χ0n) is 19.1. The van der Waals surface area contributed by atoms with Crippen molar-refractivity contribution in [2.24, 2.45) is 5.92 Å². The summed E-state index contributed by atoms with van der Waals surface area (Å²) in [5.74, 6) is 0.214. The van der Waals surface area contributed by atoms with Crippen LogP contribution in [0.3, 0.4) is 0 Å². The van der Waals surface area contributed by atoms with Gasteiger partial charge in [-0.25, -0.2) is 0 Å². The molecule has 1 rings (SSSR count). The lowest BCUT2D eigenvalue weighted by atomic mass is 10.0. The van der Waals surface area contributed by atoms with Crippen LogP contribution in [0.5, 0.6) is 5.75 Å². The highest BCUT2D eigenvalue weighted by Crippen LogP contribution is 2.30. The summed E-state index contributed by atoms with van der Waals surface area (Å²) in [7, 11) is 1.54. The molecule has 1 atom stereocenters. The molecule has 0 saturated carbocycles. The maximum Gasteiger partial charge on any atom is 0.325 e. The van der Waals surface area contributed by atoms with Crippen LogP contribution in [0.2, 0.25) is 0 Å². The lowest BCUT2D eigenvalue weighted by Crippen LogP contribution is -2.34. The zero-order valence-corrected chi connectivity index (χ0v) is 19.1. The van der Waals surface area contributed by atoms with E-state index in [0.29, 0.717) is 43.3 Å². The number of carboxylic acids is 1. The van der Waals surface area contributed by atoms with Crippen LogP contribution in [-0.2, 0) is 16.1 Å². The lowest BCUT2D eigenvalue weighted by molar-refractivity contribution is -0.143. The second kappa shape index (κ2) is 13.8. The molecule has 0 aromatic heterocycles. The number of nitrogens with zero attached hydrogens (tertiary/aromatic N) is 1. The van der Waals surface area contributed by atoms with E-state index in [1.807, 2.05) is 30.9 Å². The lowest BCUT2D eigenvalue weighted by Gasteiger charge is -2.27. The number of amides is 1. The molecule has 2 N–H and O–H groups in total. The Hall–Kier alpha value is -2.34. The van der Waals surface area contributed by atoms with Crippen LogP contribution >= 0.6 is 0 Å². The third-order valence-electron chi connectivity index (χ3n) is 5.04. The number of hydrogen-bond donors (Lipinski definition) is 2. The second-order valence-corrected chi connectivity index (χ2v) is 7.73. The van der Waals surface area contributed by atoms with Crippen molar-refractivity contribution in [3.8, 4) is 5.75 Å². The average molecular weight is 419 g/mol. The number of aliphatic carboxylic acids is 1. The van der Waals surface area contributed by atoms with Crippen molar-refractivity contribution in [1.29, 1.82) is 0 Å². The predicted octanol–water partition coefficient (Wildman–Crippen LogP) is 4.55. The molecule has 1 aromatic rings. The average Bonchev–Trinajstić information content (AvgIpc) is 2.72. The van der Waals surface area contributed by atoms with Gasteiger partial charge in [-0.15, -0.1) is 0 Å². The molecule has 0 saturated heterocycles. The van der Waals surface area contributed by atoms with Crippen LogP contribution in [0, 0.1) is 5.92 Å². The predicted molar refractivity (Wildman–Crippen MR) is 121 cm³/mol. The van der Waals surface area contributed by atoms with Crippen molar-refractivity contribution in [2.75, 3.05) is 20.2 Å². The number of carbonyl (C=O) groups excluding carboxylic acids is 1. The molecule has 6 nitrogen and oxygen atoms in total. The fraction of sp³-hybridized carbons (Fsp3) is 0.583. The molecule has 1 unspecified atom stereocenters. The summed E-state index contributed by atoms with van der Waals surface area (Å²) in [6.07, 6.45) is 7.74. The molecule has 0 aliphatic heterocycles. The normalized spacial score (nSPS) is 12.5. The van der Waals surface area contributed by atoms with Gasteiger partial charge in [-0.1, -0.05) is 52.0 Å². The van der Waals surface area contributed by atoms with E-state index in [9.17, 15) is 14.7 Å². The highest BCUT2D eigenvalue weighted by Gasteiger charge is 2.28. The number of allylic oxidation sites excluding steroid dienone is 2. The SMILES string of the molecule is CCN(CC)C(C(=O)O)c1ccc(CNC(=O)CCCC/C=C/C(C)C)cc1OC. The van der Waals surface area contributed by atoms with E-state index < -0.39 is 12.0 Å². The third-order valence-corrected chi connectivity index (χ3v) is 5.04. The van der Waals surface area contributed by atoms with Gasteiger partial charge in [-0.2, -0.15) is 0 Å². The van der Waals surface area contributed by atoms with E-state index >= 15 is 0 Å². The standard InChI is InChI=1S/C24H38N2O4/c1-6-26(7-2)23(24(28)29)20-15-14-19(16-21(20)30-5)17-25-22(27)13-11-9-8-10-12-18(3)4/h10,12,14-16,18,23H,6-9,11,13,17H2,1-5H3,(H,25,27)(H,28,29)/b12-10+. The summed E-state index contributed by atoms with van der Waals surface area (Å²) in [6.45, 7) is 9.83. The minimum Gasteiger partial charge on any atom is -0.496 e. The molecular weight excluding hydrogens is 380 g/mol. The number of hydrogen-bond acceptors (Lipinski definition) is 4. The smallest absolute Gasteiger partial charge is 0.325 e. The molecule has 0 spiro atoms. The van der Waals surface area contributed by atoms with E-state index in [2.05, 4.69) is 31.3 Å². The van der Waals surface area contributed by atoms with Crippen molar-refractivity contribution in [3.05, 3.63) is 41.5 Å². The summed E-state index contributed by atoms with van der Waals surface area (Å²) in [6, 6.07) is 4.70. The number of carboxylic acid groups (broad SMARTS) is 1. The van der Waals surface area contributed by atoms with Crippen molar-refractivity contribution >= 4 is 11.9 Å². The Balaban J connectivity index is 2.66. The Morgan fingerprint density at radius 3 is 2.47 bits per heavy atom. The summed E-state index contributed by atoms with van der Waals surface area (Å²) < 4.78 is 5.47. The number of ether oxygens (including phenoxy) is 1. The zero-order chi connectivity index (χ0) is 22.5. The molecule has 1 aromatic carbocycles. The fourth-order valence-corrected chi connectivity index (χ4v) is 3.37. The van der Waals surface area contributed by atoms with Gasteiger partial charge in [0.2, 0.25) is 5.91 Å². The molecular formula is C24H38N2O4. The summed E-state index contributed by atoms with van der Waals surface area (Å²) in [5.41, 5.74) is 1.51. The van der Waals surface area contributed by atoms with Crippen LogP contribution in [0.25, 0.3) is 0 Å². The highest BCUT2D eigenvalue weighted by molar-refractivity contribution is 5.77. The topological polar surface area (TPSA) is 78.9 Å². The van der Waals surface area contributed by atoms with E-state index in [-0.39, 0.29) is 5.91 Å². The number of methoxy groups -OCH3 is 1. The van der Waals surface area contributed by atoms with E-state index in [1.165, 1.54) is 7.11 Å². The summed E-state index contributed by atoms with van der Waals surface area (Å²) in [5, 5.41) is 12.7. The van der Waals surface area contributed by atoms with Gasteiger partial charge in [-0.3, -0.25) is 14.5 Å². The molecule has 1 amide bonds. The van der Waals surface area contributed by atoms with Gasteiger partial charge in [-0.05, 0) is 49.9 Å². The van der Waals surface area contributed by atoms with Crippen molar-refractivity contribution in [3.63, 3.8) is 0 Å². The first-order valence-corrected chi connectivity index (χ1v) is 10.9. The van der Waals surface area contributed by atoms with Gasteiger partial charge in [0.25, 0.3) is 0 Å². The Labute approximate surface area is 181 Å².